The fourth-order valence-corrected chi connectivity index (χ4v) is 2.27. The van der Waals surface area contributed by atoms with Crippen molar-refractivity contribution >= 4 is 10.9 Å². The highest BCUT2D eigenvalue weighted by atomic mass is 16.1. The van der Waals surface area contributed by atoms with E-state index in [1.165, 1.54) is 11.1 Å². The number of pyridine rings is 1. The molecule has 0 spiro atoms. The van der Waals surface area contributed by atoms with E-state index in [9.17, 15) is 4.79 Å². The van der Waals surface area contributed by atoms with E-state index in [-0.39, 0.29) is 5.56 Å². The molecule has 94 valence electrons. The van der Waals surface area contributed by atoms with Crippen molar-refractivity contribution < 1.29 is 0 Å². The van der Waals surface area contributed by atoms with E-state index in [4.69, 9.17) is 0 Å². The molecule has 0 aliphatic rings. The van der Waals surface area contributed by atoms with Crippen LogP contribution in [0.25, 0.3) is 22.0 Å². The summed E-state index contributed by atoms with van der Waals surface area (Å²) in [5, 5.41) is 1.05. The van der Waals surface area contributed by atoms with Gasteiger partial charge in [-0.3, -0.25) is 4.79 Å². The maximum Gasteiger partial charge on any atom is 0.256 e. The zero-order valence-corrected chi connectivity index (χ0v) is 11.0. The van der Waals surface area contributed by atoms with E-state index in [0.717, 1.165) is 22.0 Å². The molecule has 0 atom stereocenters. The van der Waals surface area contributed by atoms with Crippen molar-refractivity contribution in [3.63, 3.8) is 0 Å². The number of aryl methyl sites for hydroxylation is 2. The summed E-state index contributed by atoms with van der Waals surface area (Å²) >= 11 is 0. The summed E-state index contributed by atoms with van der Waals surface area (Å²) in [7, 11) is 0. The molecule has 1 heterocycles. The Kier molecular flexibility index (Phi) is 2.71. The third kappa shape index (κ3) is 2.06. The van der Waals surface area contributed by atoms with E-state index in [2.05, 4.69) is 31.0 Å². The Bertz CT molecular complexity index is 815. The van der Waals surface area contributed by atoms with E-state index >= 15 is 0 Å². The second-order valence-corrected chi connectivity index (χ2v) is 4.90. The van der Waals surface area contributed by atoms with Gasteiger partial charge in [-0.05, 0) is 48.1 Å². The molecule has 0 amide bonds. The number of rotatable bonds is 1. The molecule has 2 heteroatoms. The molecule has 0 saturated carbocycles. The molecule has 1 N–H and O–H groups in total. The Morgan fingerprint density at radius 3 is 2.47 bits per heavy atom. The third-order valence-electron chi connectivity index (χ3n) is 3.57. The van der Waals surface area contributed by atoms with Crippen molar-refractivity contribution in [1.29, 1.82) is 0 Å². The lowest BCUT2D eigenvalue weighted by atomic mass is 10.0. The van der Waals surface area contributed by atoms with Crippen LogP contribution in [0.2, 0.25) is 0 Å². The maximum atomic E-state index is 12.2. The molecule has 19 heavy (non-hydrogen) atoms. The van der Waals surface area contributed by atoms with Gasteiger partial charge in [0.1, 0.15) is 0 Å². The average Bonchev–Trinajstić information content (AvgIpc) is 2.41. The number of para-hydroxylation sites is 1. The van der Waals surface area contributed by atoms with Gasteiger partial charge in [0.2, 0.25) is 0 Å². The van der Waals surface area contributed by atoms with Gasteiger partial charge >= 0.3 is 0 Å². The standard InChI is InChI=1S/C17H15NO/c1-11-7-8-13(9-12(11)2)15-10-14-5-3-4-6-16(14)18-17(15)19/h3-10H,1-2H3,(H,18,19). The van der Waals surface area contributed by atoms with E-state index in [0.29, 0.717) is 0 Å². The minimum absolute atomic E-state index is 0.0399. The molecule has 0 aliphatic carbocycles. The van der Waals surface area contributed by atoms with Gasteiger partial charge in [-0.15, -0.1) is 0 Å². The Labute approximate surface area is 111 Å². The van der Waals surface area contributed by atoms with Crippen LogP contribution in [0, 0.1) is 13.8 Å². The Balaban J connectivity index is 2.27. The fraction of sp³-hybridized carbons (Fsp3) is 0.118. The Morgan fingerprint density at radius 2 is 1.68 bits per heavy atom. The van der Waals surface area contributed by atoms with Crippen molar-refractivity contribution in [2.24, 2.45) is 0 Å². The van der Waals surface area contributed by atoms with Gasteiger partial charge in [-0.1, -0.05) is 36.4 Å². The summed E-state index contributed by atoms with van der Waals surface area (Å²) in [4.78, 5) is 15.1. The van der Waals surface area contributed by atoms with Crippen LogP contribution < -0.4 is 5.56 Å². The second-order valence-electron chi connectivity index (χ2n) is 4.90. The van der Waals surface area contributed by atoms with Crippen molar-refractivity contribution in [2.45, 2.75) is 13.8 Å². The number of hydrogen-bond acceptors (Lipinski definition) is 1. The van der Waals surface area contributed by atoms with Crippen LogP contribution in [0.3, 0.4) is 0 Å². The van der Waals surface area contributed by atoms with Gasteiger partial charge in [0.05, 0.1) is 0 Å². The number of aromatic nitrogens is 1. The van der Waals surface area contributed by atoms with E-state index < -0.39 is 0 Å². The summed E-state index contributed by atoms with van der Waals surface area (Å²) in [6, 6.07) is 15.9. The normalized spacial score (nSPS) is 10.8. The zero-order valence-electron chi connectivity index (χ0n) is 11.0. The van der Waals surface area contributed by atoms with Crippen molar-refractivity contribution in [1.82, 2.24) is 4.98 Å². The highest BCUT2D eigenvalue weighted by Crippen LogP contribution is 2.21. The molecule has 0 radical (unpaired) electrons. The molecule has 0 aliphatic heterocycles. The Morgan fingerprint density at radius 1 is 0.895 bits per heavy atom. The number of aromatic amines is 1. The van der Waals surface area contributed by atoms with Crippen LogP contribution in [-0.4, -0.2) is 4.98 Å². The van der Waals surface area contributed by atoms with Gasteiger partial charge in [0.25, 0.3) is 5.56 Å². The summed E-state index contributed by atoms with van der Waals surface area (Å²) in [5.74, 6) is 0. The lowest BCUT2D eigenvalue weighted by molar-refractivity contribution is 1.29. The number of benzene rings is 2. The van der Waals surface area contributed by atoms with Crippen LogP contribution in [0.5, 0.6) is 0 Å². The van der Waals surface area contributed by atoms with Gasteiger partial charge in [0, 0.05) is 11.1 Å². The lowest BCUT2D eigenvalue weighted by Gasteiger charge is -2.06. The second kappa shape index (κ2) is 4.39. The number of H-pyrrole nitrogens is 1. The van der Waals surface area contributed by atoms with Gasteiger partial charge < -0.3 is 4.98 Å². The molecule has 0 fully saturated rings. The SMILES string of the molecule is Cc1ccc(-c2cc3ccccc3[nH]c2=O)cc1C. The van der Waals surface area contributed by atoms with Gasteiger partial charge in [-0.2, -0.15) is 0 Å². The predicted octanol–water partition coefficient (Wildman–Crippen LogP) is 3.81. The molecule has 0 saturated heterocycles. The lowest BCUT2D eigenvalue weighted by Crippen LogP contribution is -2.08. The molecule has 2 nitrogen and oxygen atoms in total. The van der Waals surface area contributed by atoms with Crippen LogP contribution in [0.4, 0.5) is 0 Å². The highest BCUT2D eigenvalue weighted by molar-refractivity contribution is 5.83. The summed E-state index contributed by atoms with van der Waals surface area (Å²) in [5.41, 5.74) is 4.96. The first-order chi connectivity index (χ1) is 9.15. The number of hydrogen-bond donors (Lipinski definition) is 1. The molecule has 0 bridgehead atoms. The summed E-state index contributed by atoms with van der Waals surface area (Å²) in [6.07, 6.45) is 0. The van der Waals surface area contributed by atoms with Crippen molar-refractivity contribution in [3.8, 4) is 11.1 Å². The van der Waals surface area contributed by atoms with Gasteiger partial charge in [0.15, 0.2) is 0 Å². The van der Waals surface area contributed by atoms with Crippen LogP contribution >= 0.6 is 0 Å². The fourth-order valence-electron chi connectivity index (χ4n) is 2.27. The van der Waals surface area contributed by atoms with Crippen LogP contribution in [0.1, 0.15) is 11.1 Å². The zero-order chi connectivity index (χ0) is 13.4. The molecule has 3 rings (SSSR count). The highest BCUT2D eigenvalue weighted by Gasteiger charge is 2.06. The van der Waals surface area contributed by atoms with Crippen LogP contribution in [0.15, 0.2) is 53.3 Å². The first kappa shape index (κ1) is 11.7. The molecular formula is C17H15NO. The third-order valence-corrected chi connectivity index (χ3v) is 3.57. The Hall–Kier alpha value is -2.35. The van der Waals surface area contributed by atoms with Crippen LogP contribution in [-0.2, 0) is 0 Å². The molecule has 1 aromatic heterocycles. The first-order valence-electron chi connectivity index (χ1n) is 6.35. The van der Waals surface area contributed by atoms with E-state index in [1.807, 2.05) is 36.4 Å². The summed E-state index contributed by atoms with van der Waals surface area (Å²) in [6.45, 7) is 4.14. The molecule has 2 aromatic carbocycles. The quantitative estimate of drug-likeness (QED) is 0.699. The van der Waals surface area contributed by atoms with Crippen molar-refractivity contribution in [2.75, 3.05) is 0 Å². The molecular weight excluding hydrogens is 234 g/mol. The summed E-state index contributed by atoms with van der Waals surface area (Å²) < 4.78 is 0. The van der Waals surface area contributed by atoms with Crippen molar-refractivity contribution in [3.05, 3.63) is 70.0 Å². The topological polar surface area (TPSA) is 32.9 Å². The number of fused-ring (bicyclic) bond motifs is 1. The smallest absolute Gasteiger partial charge is 0.256 e. The first-order valence-corrected chi connectivity index (χ1v) is 6.35. The molecule has 0 unspecified atom stereocenters. The molecule has 3 aromatic rings. The maximum absolute atomic E-state index is 12.2. The minimum Gasteiger partial charge on any atom is -0.321 e. The predicted molar refractivity (Wildman–Crippen MR) is 79.5 cm³/mol. The minimum atomic E-state index is -0.0399. The number of nitrogens with one attached hydrogen (secondary N) is 1. The average molecular weight is 249 g/mol. The monoisotopic (exact) mass is 249 g/mol. The largest absolute Gasteiger partial charge is 0.321 e. The van der Waals surface area contributed by atoms with Gasteiger partial charge in [-0.25, -0.2) is 0 Å². The van der Waals surface area contributed by atoms with E-state index in [1.54, 1.807) is 0 Å².